The number of aliphatic hydroxyl groups is 1. The van der Waals surface area contributed by atoms with Gasteiger partial charge in [-0.1, -0.05) is 12.1 Å². The number of ketones is 1. The van der Waals surface area contributed by atoms with Crippen LogP contribution in [-0.4, -0.2) is 60.9 Å². The predicted molar refractivity (Wildman–Crippen MR) is 119 cm³/mol. The van der Waals surface area contributed by atoms with Crippen LogP contribution < -0.4 is 4.74 Å². The molecule has 160 valence electrons. The fourth-order valence-electron chi connectivity index (χ4n) is 3.96. The molecule has 1 aromatic carbocycles. The van der Waals surface area contributed by atoms with E-state index in [1.54, 1.807) is 11.0 Å². The number of methoxy groups -OCH3 is 1. The van der Waals surface area contributed by atoms with Crippen LogP contribution >= 0.6 is 11.3 Å². The fraction of sp³-hybridized carbons (Fsp3) is 0.391. The number of amides is 1. The number of hydrogen-bond donors (Lipinski definition) is 1. The number of thiophene rings is 1. The maximum absolute atomic E-state index is 13.0. The minimum Gasteiger partial charge on any atom is -0.507 e. The van der Waals surface area contributed by atoms with E-state index in [1.807, 2.05) is 56.4 Å². The molecule has 7 heteroatoms. The van der Waals surface area contributed by atoms with Crippen molar-refractivity contribution in [3.8, 4) is 5.75 Å². The zero-order valence-electron chi connectivity index (χ0n) is 18.1. The first-order valence-electron chi connectivity index (χ1n) is 9.88. The summed E-state index contributed by atoms with van der Waals surface area (Å²) in [6.07, 6.45) is 0.731. The molecule has 30 heavy (non-hydrogen) atoms. The van der Waals surface area contributed by atoms with E-state index in [9.17, 15) is 14.7 Å². The molecule has 1 unspecified atom stereocenters. The largest absolute Gasteiger partial charge is 0.507 e. The molecule has 3 rings (SSSR count). The molecule has 1 amide bonds. The summed E-state index contributed by atoms with van der Waals surface area (Å²) in [5.74, 6) is -0.915. The van der Waals surface area contributed by atoms with E-state index >= 15 is 0 Å². The number of aryl methyl sites for hydroxylation is 2. The summed E-state index contributed by atoms with van der Waals surface area (Å²) in [6.45, 7) is 5.04. The molecule has 2 heterocycles. The van der Waals surface area contributed by atoms with Crippen LogP contribution in [0.2, 0.25) is 0 Å². The zero-order valence-corrected chi connectivity index (χ0v) is 18.9. The summed E-state index contributed by atoms with van der Waals surface area (Å²) in [4.78, 5) is 30.4. The van der Waals surface area contributed by atoms with Gasteiger partial charge in [-0.3, -0.25) is 9.59 Å². The molecule has 1 fully saturated rings. The van der Waals surface area contributed by atoms with Gasteiger partial charge in [-0.15, -0.1) is 11.3 Å². The predicted octanol–water partition coefficient (Wildman–Crippen LogP) is 3.75. The van der Waals surface area contributed by atoms with Crippen LogP contribution in [0.1, 0.15) is 34.0 Å². The van der Waals surface area contributed by atoms with E-state index < -0.39 is 17.7 Å². The van der Waals surface area contributed by atoms with Crippen molar-refractivity contribution in [3.05, 3.63) is 56.8 Å². The zero-order chi connectivity index (χ0) is 22.0. The maximum atomic E-state index is 13.0. The third kappa shape index (κ3) is 4.13. The van der Waals surface area contributed by atoms with E-state index in [0.717, 1.165) is 29.0 Å². The van der Waals surface area contributed by atoms with Gasteiger partial charge in [0, 0.05) is 11.4 Å². The van der Waals surface area contributed by atoms with Gasteiger partial charge < -0.3 is 19.6 Å². The number of carbonyl (C=O) groups excluding carboxylic acids is 2. The Morgan fingerprint density at radius 1 is 1.27 bits per heavy atom. The third-order valence-corrected chi connectivity index (χ3v) is 6.16. The molecular formula is C23H28N2O4S. The first-order chi connectivity index (χ1) is 14.3. The van der Waals surface area contributed by atoms with Crippen molar-refractivity contribution in [2.45, 2.75) is 26.3 Å². The van der Waals surface area contributed by atoms with Crippen molar-refractivity contribution >= 4 is 28.8 Å². The Morgan fingerprint density at radius 3 is 2.60 bits per heavy atom. The van der Waals surface area contributed by atoms with Gasteiger partial charge in [0.25, 0.3) is 11.7 Å². The summed E-state index contributed by atoms with van der Waals surface area (Å²) < 4.78 is 5.51. The number of Topliss-reactive ketones (excluding diaryl/α,β-unsaturated/α-hetero) is 1. The Balaban J connectivity index is 2.14. The molecule has 0 bridgehead atoms. The van der Waals surface area contributed by atoms with Crippen molar-refractivity contribution in [1.82, 2.24) is 9.80 Å². The molecule has 2 aromatic rings. The van der Waals surface area contributed by atoms with E-state index in [-0.39, 0.29) is 11.3 Å². The fourth-order valence-corrected chi connectivity index (χ4v) is 4.80. The summed E-state index contributed by atoms with van der Waals surface area (Å²) in [5.41, 5.74) is 2.34. The molecule has 0 saturated carbocycles. The molecule has 0 radical (unpaired) electrons. The van der Waals surface area contributed by atoms with Crippen LogP contribution in [0.4, 0.5) is 0 Å². The van der Waals surface area contributed by atoms with Crippen LogP contribution in [0.15, 0.2) is 35.2 Å². The highest BCUT2D eigenvalue weighted by atomic mass is 32.1. The first kappa shape index (κ1) is 22.1. The third-order valence-electron chi connectivity index (χ3n) is 5.24. The summed E-state index contributed by atoms with van der Waals surface area (Å²) in [5, 5.41) is 13.2. The van der Waals surface area contributed by atoms with Crippen molar-refractivity contribution < 1.29 is 19.4 Å². The van der Waals surface area contributed by atoms with Gasteiger partial charge in [-0.05, 0) is 69.5 Å². The summed E-state index contributed by atoms with van der Waals surface area (Å²) in [7, 11) is 5.47. The normalized spacial score (nSPS) is 18.5. The van der Waals surface area contributed by atoms with Gasteiger partial charge in [0.2, 0.25) is 0 Å². The second kappa shape index (κ2) is 9.02. The molecule has 1 saturated heterocycles. The number of rotatable bonds is 7. The number of nitrogens with zero attached hydrogens (tertiary/aromatic N) is 2. The van der Waals surface area contributed by atoms with Gasteiger partial charge in [-0.25, -0.2) is 0 Å². The maximum Gasteiger partial charge on any atom is 0.295 e. The number of hydrogen-bond acceptors (Lipinski definition) is 6. The van der Waals surface area contributed by atoms with Crippen LogP contribution in [0.25, 0.3) is 5.76 Å². The Bertz CT molecular complexity index is 979. The van der Waals surface area contributed by atoms with E-state index in [2.05, 4.69) is 0 Å². The molecule has 1 N–H and O–H groups in total. The van der Waals surface area contributed by atoms with Crippen molar-refractivity contribution in [3.63, 3.8) is 0 Å². The summed E-state index contributed by atoms with van der Waals surface area (Å²) in [6, 6.07) is 6.92. The lowest BCUT2D eigenvalue weighted by Gasteiger charge is -2.25. The summed E-state index contributed by atoms with van der Waals surface area (Å²) >= 11 is 1.47. The van der Waals surface area contributed by atoms with Crippen LogP contribution in [0.5, 0.6) is 5.75 Å². The number of carbonyl (C=O) groups is 2. The topological polar surface area (TPSA) is 70.1 Å². The highest BCUT2D eigenvalue weighted by molar-refractivity contribution is 7.10. The Labute approximate surface area is 181 Å². The lowest BCUT2D eigenvalue weighted by molar-refractivity contribution is -0.139. The Kier molecular flexibility index (Phi) is 6.63. The van der Waals surface area contributed by atoms with Crippen molar-refractivity contribution in [2.75, 3.05) is 34.3 Å². The average Bonchev–Trinajstić information content (AvgIpc) is 3.29. The van der Waals surface area contributed by atoms with Gasteiger partial charge in [0.05, 0.1) is 24.3 Å². The highest BCUT2D eigenvalue weighted by Gasteiger charge is 2.46. The molecule has 1 aliphatic heterocycles. The van der Waals surface area contributed by atoms with Crippen molar-refractivity contribution in [2.24, 2.45) is 0 Å². The van der Waals surface area contributed by atoms with E-state index in [4.69, 9.17) is 4.74 Å². The second-order valence-electron chi connectivity index (χ2n) is 7.83. The van der Waals surface area contributed by atoms with Crippen LogP contribution in [-0.2, 0) is 9.59 Å². The van der Waals surface area contributed by atoms with Crippen LogP contribution in [0, 0.1) is 13.8 Å². The van der Waals surface area contributed by atoms with Gasteiger partial charge in [0.15, 0.2) is 0 Å². The van der Waals surface area contributed by atoms with E-state index in [1.165, 1.54) is 18.4 Å². The minimum atomic E-state index is -0.656. The molecular weight excluding hydrogens is 400 g/mol. The van der Waals surface area contributed by atoms with Crippen LogP contribution in [0.3, 0.4) is 0 Å². The number of likely N-dealkylation sites (tertiary alicyclic amines) is 1. The lowest BCUT2D eigenvalue weighted by atomic mass is 9.96. The molecule has 1 aromatic heterocycles. The van der Waals surface area contributed by atoms with Gasteiger partial charge >= 0.3 is 0 Å². The quantitative estimate of drug-likeness (QED) is 0.413. The molecule has 0 spiro atoms. The first-order valence-corrected chi connectivity index (χ1v) is 10.8. The Hall–Kier alpha value is -2.64. The monoisotopic (exact) mass is 428 g/mol. The van der Waals surface area contributed by atoms with Crippen molar-refractivity contribution in [1.29, 1.82) is 0 Å². The molecule has 0 aliphatic carbocycles. The lowest BCUT2D eigenvalue weighted by Crippen LogP contribution is -2.32. The SMILES string of the molecule is COc1c(C)cc(C)cc1/C(O)=C1/C(=O)C(=O)N(CCCN(C)C)C1c1cccs1. The molecule has 1 atom stereocenters. The molecule has 1 aliphatic rings. The number of aliphatic hydroxyl groups excluding tert-OH is 1. The van der Waals surface area contributed by atoms with E-state index in [0.29, 0.717) is 17.9 Å². The number of ether oxygens (including phenoxy) is 1. The average molecular weight is 429 g/mol. The highest BCUT2D eigenvalue weighted by Crippen LogP contribution is 2.43. The Morgan fingerprint density at radius 2 is 2.00 bits per heavy atom. The smallest absolute Gasteiger partial charge is 0.295 e. The second-order valence-corrected chi connectivity index (χ2v) is 8.81. The standard InChI is InChI=1S/C23H28N2O4S/c1-14-12-15(2)22(29-5)16(13-14)20(26)18-19(17-8-6-11-30-17)25(23(28)21(18)27)10-7-9-24(3)4/h6,8,11-13,19,26H,7,9-10H2,1-5H3/b20-18-. The molecule has 6 nitrogen and oxygen atoms in total. The minimum absolute atomic E-state index is 0.121. The van der Waals surface area contributed by atoms with Gasteiger partial charge in [-0.2, -0.15) is 0 Å². The van der Waals surface area contributed by atoms with Gasteiger partial charge in [0.1, 0.15) is 11.5 Å². The number of benzene rings is 1.